The Morgan fingerprint density at radius 3 is 2.24 bits per heavy atom. The Hall–Kier alpha value is -1.94. The number of aliphatic carboxylic acids is 1. The summed E-state index contributed by atoms with van der Waals surface area (Å²) in [5.74, 6) is -2.15. The van der Waals surface area contributed by atoms with Crippen molar-refractivity contribution in [1.29, 1.82) is 0 Å². The molecular formula is C12H9ClO4. The summed E-state index contributed by atoms with van der Waals surface area (Å²) in [5.41, 5.74) is 0.367. The van der Waals surface area contributed by atoms with E-state index in [-0.39, 0.29) is 12.2 Å². The Labute approximate surface area is 103 Å². The van der Waals surface area contributed by atoms with Crippen LogP contribution in [0.4, 0.5) is 0 Å². The monoisotopic (exact) mass is 252 g/mol. The average molecular weight is 253 g/mol. The van der Waals surface area contributed by atoms with Gasteiger partial charge in [0.1, 0.15) is 0 Å². The topological polar surface area (TPSA) is 71.4 Å². The number of carbonyl (C=O) groups excluding carboxylic acids is 2. The largest absolute Gasteiger partial charge is 0.478 e. The van der Waals surface area contributed by atoms with E-state index in [0.29, 0.717) is 16.7 Å². The molecule has 1 N–H and O–H groups in total. The number of carboxylic acid groups (broad SMARTS) is 1. The summed E-state index contributed by atoms with van der Waals surface area (Å²) in [7, 11) is 0. The van der Waals surface area contributed by atoms with Gasteiger partial charge >= 0.3 is 5.97 Å². The number of rotatable bonds is 5. The van der Waals surface area contributed by atoms with Gasteiger partial charge in [0.2, 0.25) is 0 Å². The lowest BCUT2D eigenvalue weighted by Gasteiger charge is -1.98. The fourth-order valence-electron chi connectivity index (χ4n) is 1.12. The van der Waals surface area contributed by atoms with Gasteiger partial charge in [-0.1, -0.05) is 11.6 Å². The van der Waals surface area contributed by atoms with Crippen LogP contribution in [-0.2, 0) is 9.59 Å². The van der Waals surface area contributed by atoms with Crippen LogP contribution in [-0.4, -0.2) is 22.6 Å². The summed E-state index contributed by atoms with van der Waals surface area (Å²) < 4.78 is 0. The number of carboxylic acids is 1. The van der Waals surface area contributed by atoms with Crippen molar-refractivity contribution in [2.24, 2.45) is 0 Å². The fraction of sp³-hybridized carbons (Fsp3) is 0.0833. The molecule has 0 saturated carbocycles. The van der Waals surface area contributed by atoms with E-state index in [0.717, 1.165) is 6.08 Å². The summed E-state index contributed by atoms with van der Waals surface area (Å²) >= 11 is 5.65. The van der Waals surface area contributed by atoms with Gasteiger partial charge in [-0.15, -0.1) is 0 Å². The van der Waals surface area contributed by atoms with Gasteiger partial charge in [0.15, 0.2) is 11.6 Å². The predicted molar refractivity (Wildman–Crippen MR) is 62.2 cm³/mol. The normalized spacial score (nSPS) is 10.4. The van der Waals surface area contributed by atoms with Crippen molar-refractivity contribution in [3.63, 3.8) is 0 Å². The zero-order valence-electron chi connectivity index (χ0n) is 8.72. The van der Waals surface area contributed by atoms with Crippen molar-refractivity contribution < 1.29 is 19.5 Å². The molecule has 0 aliphatic rings. The number of ketones is 2. The van der Waals surface area contributed by atoms with Gasteiger partial charge in [0, 0.05) is 16.7 Å². The van der Waals surface area contributed by atoms with Gasteiger partial charge < -0.3 is 5.11 Å². The van der Waals surface area contributed by atoms with Crippen LogP contribution in [0, 0.1) is 0 Å². The lowest BCUT2D eigenvalue weighted by molar-refractivity contribution is -0.131. The molecule has 0 aromatic heterocycles. The summed E-state index contributed by atoms with van der Waals surface area (Å²) in [4.78, 5) is 32.9. The first-order chi connectivity index (χ1) is 7.99. The summed E-state index contributed by atoms with van der Waals surface area (Å²) in [6.07, 6.45) is 1.22. The maximum Gasteiger partial charge on any atom is 0.328 e. The van der Waals surface area contributed by atoms with Crippen molar-refractivity contribution in [1.82, 2.24) is 0 Å². The maximum absolute atomic E-state index is 11.6. The van der Waals surface area contributed by atoms with Crippen LogP contribution in [0.3, 0.4) is 0 Å². The number of hydrogen-bond acceptors (Lipinski definition) is 3. The molecule has 0 aliphatic heterocycles. The van der Waals surface area contributed by atoms with E-state index in [1.54, 1.807) is 12.1 Å². The first-order valence-corrected chi connectivity index (χ1v) is 5.09. The second-order valence-corrected chi connectivity index (χ2v) is 3.68. The minimum absolute atomic E-state index is 0.356. The third kappa shape index (κ3) is 4.61. The van der Waals surface area contributed by atoms with E-state index < -0.39 is 11.8 Å². The third-order valence-corrected chi connectivity index (χ3v) is 2.16. The molecule has 1 rings (SSSR count). The number of halogens is 1. The molecular weight excluding hydrogens is 244 g/mol. The Morgan fingerprint density at radius 2 is 1.71 bits per heavy atom. The fourth-order valence-corrected chi connectivity index (χ4v) is 1.25. The molecule has 88 valence electrons. The standard InChI is InChI=1S/C12H9ClO4/c13-9-3-1-8(2-4-9)11(15)7-10(14)5-6-12(16)17/h1-6H,7H2,(H,16,17)/b6-5-. The highest BCUT2D eigenvalue weighted by Crippen LogP contribution is 2.11. The van der Waals surface area contributed by atoms with Crippen LogP contribution in [0.5, 0.6) is 0 Å². The Morgan fingerprint density at radius 1 is 1.12 bits per heavy atom. The van der Waals surface area contributed by atoms with Crippen LogP contribution >= 0.6 is 11.6 Å². The third-order valence-electron chi connectivity index (χ3n) is 1.91. The van der Waals surface area contributed by atoms with E-state index >= 15 is 0 Å². The molecule has 0 unspecified atom stereocenters. The molecule has 0 saturated heterocycles. The Kier molecular flexibility index (Phi) is 4.60. The highest BCUT2D eigenvalue weighted by Gasteiger charge is 2.09. The second-order valence-electron chi connectivity index (χ2n) is 3.24. The number of carbonyl (C=O) groups is 3. The number of Topliss-reactive ketones (excluding diaryl/α,β-unsaturated/α-hetero) is 1. The number of allylic oxidation sites excluding steroid dienone is 1. The Bertz CT molecular complexity index is 474. The van der Waals surface area contributed by atoms with E-state index in [4.69, 9.17) is 16.7 Å². The lowest BCUT2D eigenvalue weighted by atomic mass is 10.1. The van der Waals surface area contributed by atoms with Crippen LogP contribution < -0.4 is 0 Å². The molecule has 0 radical (unpaired) electrons. The smallest absolute Gasteiger partial charge is 0.328 e. The number of hydrogen-bond donors (Lipinski definition) is 1. The molecule has 5 heteroatoms. The number of benzene rings is 1. The van der Waals surface area contributed by atoms with Gasteiger partial charge in [0.25, 0.3) is 0 Å². The van der Waals surface area contributed by atoms with Crippen molar-refractivity contribution in [3.8, 4) is 0 Å². The van der Waals surface area contributed by atoms with Gasteiger partial charge in [-0.05, 0) is 30.3 Å². The predicted octanol–water partition coefficient (Wildman–Crippen LogP) is 2.12. The van der Waals surface area contributed by atoms with Crippen molar-refractivity contribution in [2.75, 3.05) is 0 Å². The molecule has 0 heterocycles. The first kappa shape index (κ1) is 13.1. The van der Waals surface area contributed by atoms with Crippen molar-refractivity contribution >= 4 is 29.1 Å². The first-order valence-electron chi connectivity index (χ1n) is 4.71. The minimum Gasteiger partial charge on any atom is -0.478 e. The van der Waals surface area contributed by atoms with Gasteiger partial charge in [-0.3, -0.25) is 9.59 Å². The molecule has 0 fully saturated rings. The van der Waals surface area contributed by atoms with Gasteiger partial charge in [-0.2, -0.15) is 0 Å². The molecule has 0 bridgehead atoms. The average Bonchev–Trinajstić information content (AvgIpc) is 2.27. The van der Waals surface area contributed by atoms with Gasteiger partial charge in [0.05, 0.1) is 6.42 Å². The van der Waals surface area contributed by atoms with Crippen LogP contribution in [0.25, 0.3) is 0 Å². The quantitative estimate of drug-likeness (QED) is 0.495. The van der Waals surface area contributed by atoms with Crippen LogP contribution in [0.15, 0.2) is 36.4 Å². The van der Waals surface area contributed by atoms with Crippen molar-refractivity contribution in [3.05, 3.63) is 47.0 Å². The van der Waals surface area contributed by atoms with Crippen molar-refractivity contribution in [2.45, 2.75) is 6.42 Å². The van der Waals surface area contributed by atoms with E-state index in [1.807, 2.05) is 0 Å². The Balaban J connectivity index is 2.63. The highest BCUT2D eigenvalue weighted by molar-refractivity contribution is 6.30. The second kappa shape index (κ2) is 5.96. The molecule has 1 aromatic rings. The molecule has 0 atom stereocenters. The molecule has 0 amide bonds. The zero-order valence-corrected chi connectivity index (χ0v) is 9.48. The minimum atomic E-state index is -1.22. The van der Waals surface area contributed by atoms with Crippen LogP contribution in [0.2, 0.25) is 5.02 Å². The van der Waals surface area contributed by atoms with E-state index in [9.17, 15) is 14.4 Å². The lowest BCUT2D eigenvalue weighted by Crippen LogP contribution is -2.06. The molecule has 0 aliphatic carbocycles. The summed E-state index contributed by atoms with van der Waals surface area (Å²) in [6.45, 7) is 0. The molecule has 4 nitrogen and oxygen atoms in total. The molecule has 1 aromatic carbocycles. The van der Waals surface area contributed by atoms with Crippen LogP contribution in [0.1, 0.15) is 16.8 Å². The summed E-state index contributed by atoms with van der Waals surface area (Å²) in [6, 6.07) is 6.12. The SMILES string of the molecule is O=C(O)/C=C\C(=O)CC(=O)c1ccc(Cl)cc1. The van der Waals surface area contributed by atoms with E-state index in [1.165, 1.54) is 12.1 Å². The van der Waals surface area contributed by atoms with E-state index in [2.05, 4.69) is 0 Å². The maximum atomic E-state index is 11.6. The summed E-state index contributed by atoms with van der Waals surface area (Å²) in [5, 5.41) is 8.80. The zero-order chi connectivity index (χ0) is 12.8. The molecule has 17 heavy (non-hydrogen) atoms. The molecule has 0 spiro atoms. The highest BCUT2D eigenvalue weighted by atomic mass is 35.5. The van der Waals surface area contributed by atoms with Gasteiger partial charge in [-0.25, -0.2) is 4.79 Å².